The standard InChI is InChI=1S/Mn.H2O4S.H2O/c;1-5(2,3)4;/h;(H2,1,2,3,4);1H2/q+1;;/p-1. The second-order valence-electron chi connectivity index (χ2n) is 0.448. The first-order chi connectivity index (χ1) is 3.00. The monoisotopic (exact) mass is 170 g/mol. The fourth-order valence-electron chi connectivity index (χ4n) is 0. The Kier molecular flexibility index (Phi) is 6.67. The van der Waals surface area contributed by atoms with Crippen LogP contribution in [0.1, 0.15) is 0 Å². The van der Waals surface area contributed by atoms with Crippen LogP contribution in [0, 0.1) is 0 Å². The van der Waals surface area contributed by atoms with Crippen molar-refractivity contribution in [2.45, 2.75) is 0 Å². The van der Waals surface area contributed by atoms with Crippen LogP contribution in [0.2, 0.25) is 0 Å². The summed E-state index contributed by atoms with van der Waals surface area (Å²) in [6.07, 6.45) is 0. The zero-order valence-corrected chi connectivity index (χ0v) is 4.94. The van der Waals surface area contributed by atoms with E-state index in [9.17, 15) is 0 Å². The van der Waals surface area contributed by atoms with Crippen LogP contribution in [0.15, 0.2) is 0 Å². The van der Waals surface area contributed by atoms with Gasteiger partial charge in [-0.05, 0) is 0 Å². The van der Waals surface area contributed by atoms with Gasteiger partial charge in [-0.25, -0.2) is 0 Å². The fourth-order valence-corrected chi connectivity index (χ4v) is 0. The Morgan fingerprint density at radius 1 is 1.14 bits per heavy atom. The van der Waals surface area contributed by atoms with E-state index in [1.165, 1.54) is 0 Å². The average molecular weight is 170 g/mol. The van der Waals surface area contributed by atoms with Gasteiger partial charge in [0.2, 0.25) is 0 Å². The van der Waals surface area contributed by atoms with Gasteiger partial charge in [0.1, 0.15) is 0 Å². The minimum atomic E-state index is -4.67. The van der Waals surface area contributed by atoms with Gasteiger partial charge in [-0.2, -0.15) is 8.42 Å². The molecule has 0 heterocycles. The van der Waals surface area contributed by atoms with Gasteiger partial charge in [0, 0.05) is 0 Å². The van der Waals surface area contributed by atoms with Crippen LogP contribution in [-0.4, -0.2) is 21.7 Å². The van der Waals surface area contributed by atoms with E-state index in [-0.39, 0.29) is 0 Å². The van der Waals surface area contributed by atoms with Gasteiger partial charge in [-0.1, -0.05) is 0 Å². The molecule has 0 saturated carbocycles. The van der Waals surface area contributed by atoms with E-state index in [1.54, 1.807) is 0 Å². The third kappa shape index (κ3) is 983. The Morgan fingerprint density at radius 2 is 1.14 bits per heavy atom. The summed E-state index contributed by atoms with van der Waals surface area (Å²) in [5.41, 5.74) is 0. The molecule has 0 saturated heterocycles. The Bertz CT molecular complexity index is 91.2. The van der Waals surface area contributed by atoms with Gasteiger partial charge in [0.25, 0.3) is 0 Å². The fraction of sp³-hybridized carbons (Fsp3) is 0. The normalized spacial score (nSPS) is 9.14. The molecule has 0 rings (SSSR count). The van der Waals surface area contributed by atoms with Crippen molar-refractivity contribution in [1.82, 2.24) is 0 Å². The molecule has 0 aliphatic rings. The summed E-state index contributed by atoms with van der Waals surface area (Å²) in [5, 5.41) is 0. The van der Waals surface area contributed by atoms with Crippen molar-refractivity contribution < 1.29 is 38.1 Å². The predicted octanol–water partition coefficient (Wildman–Crippen LogP) is -1.21. The number of rotatable bonds is 0. The molecule has 0 aliphatic heterocycles. The molecule has 5 nitrogen and oxygen atoms in total. The van der Waals surface area contributed by atoms with Crippen molar-refractivity contribution in [2.75, 3.05) is 0 Å². The van der Waals surface area contributed by atoms with Gasteiger partial charge < -0.3 is 0 Å². The van der Waals surface area contributed by atoms with Crippen LogP contribution in [0.5, 0.6) is 0 Å². The summed E-state index contributed by atoms with van der Waals surface area (Å²) < 4.78 is 38.4. The van der Waals surface area contributed by atoms with Crippen molar-refractivity contribution in [3.05, 3.63) is 0 Å². The molecule has 7 heavy (non-hydrogen) atoms. The number of hydrogen-bond acceptors (Lipinski definition) is 3. The molecule has 0 aromatic heterocycles. The zero-order valence-electron chi connectivity index (χ0n) is 2.94. The molecule has 0 fully saturated rings. The van der Waals surface area contributed by atoms with Crippen molar-refractivity contribution in [3.8, 4) is 0 Å². The summed E-state index contributed by atoms with van der Waals surface area (Å²) in [4.78, 5) is 0. The van der Waals surface area contributed by atoms with Crippen molar-refractivity contribution >= 4 is 10.4 Å². The maximum absolute atomic E-state index is 8.74. The molecule has 0 unspecified atom stereocenters. The second kappa shape index (κ2) is 4.51. The Labute approximate surface area is 49.1 Å². The van der Waals surface area contributed by atoms with Crippen molar-refractivity contribution in [3.63, 3.8) is 0 Å². The van der Waals surface area contributed by atoms with Gasteiger partial charge in [0.15, 0.2) is 0 Å². The van der Waals surface area contributed by atoms with E-state index in [0.29, 0.717) is 0 Å². The van der Waals surface area contributed by atoms with Gasteiger partial charge in [-0.3, -0.25) is 9.11 Å². The molecule has 0 amide bonds. The predicted molar refractivity (Wildman–Crippen MR) is 16.4 cm³/mol. The van der Waals surface area contributed by atoms with E-state index in [1.807, 2.05) is 16.3 Å². The molecule has 0 aromatic rings. The maximum atomic E-state index is 8.74. The number of hydrogen-bond donors (Lipinski definition) is 3. The molecule has 3 N–H and O–H groups in total. The Hall–Kier alpha value is 0.349. The van der Waals surface area contributed by atoms with E-state index >= 15 is 0 Å². The van der Waals surface area contributed by atoms with E-state index in [4.69, 9.17) is 21.7 Å². The summed E-state index contributed by atoms with van der Waals surface area (Å²) in [6, 6.07) is 0. The van der Waals surface area contributed by atoms with Crippen molar-refractivity contribution in [2.24, 2.45) is 0 Å². The molecular formula is H3MnO5S. The first kappa shape index (κ1) is 10.4. The quantitative estimate of drug-likeness (QED) is 0.313. The topological polar surface area (TPSA) is 94.8 Å². The van der Waals surface area contributed by atoms with Gasteiger partial charge in [0.05, 0.1) is 0 Å². The zero-order chi connectivity index (χ0) is 6.50. The second-order valence-corrected chi connectivity index (χ2v) is 1.34. The summed E-state index contributed by atoms with van der Waals surface area (Å²) in [7, 11) is -4.67. The Balaban J connectivity index is 0. The molecule has 0 bridgehead atoms. The van der Waals surface area contributed by atoms with Crippen LogP contribution < -0.4 is 0 Å². The molecule has 0 aliphatic carbocycles. The van der Waals surface area contributed by atoms with E-state index in [2.05, 4.69) is 0 Å². The van der Waals surface area contributed by atoms with Crippen LogP contribution >= 0.6 is 0 Å². The van der Waals surface area contributed by atoms with Gasteiger partial charge in [-0.15, -0.1) is 0 Å². The van der Waals surface area contributed by atoms with Crippen LogP contribution in [0.4, 0.5) is 0 Å². The molecule has 46 valence electrons. The first-order valence-corrected chi connectivity index (χ1v) is 2.79. The van der Waals surface area contributed by atoms with Gasteiger partial charge >= 0.3 is 30.9 Å². The molecular weight excluding hydrogens is 167 g/mol. The third-order valence-corrected chi connectivity index (χ3v) is 0. The molecule has 0 atom stereocenters. The molecule has 0 aromatic carbocycles. The van der Waals surface area contributed by atoms with Crippen molar-refractivity contribution in [1.29, 1.82) is 0 Å². The van der Waals surface area contributed by atoms with E-state index in [0.717, 1.165) is 0 Å². The Morgan fingerprint density at radius 3 is 1.14 bits per heavy atom. The SMILES string of the molecule is O=S(=O)(O)O.[OH][Mn]. The third-order valence-electron chi connectivity index (χ3n) is 0. The van der Waals surface area contributed by atoms with Crippen LogP contribution in [-0.2, 0) is 26.7 Å². The molecule has 7 heteroatoms. The molecule has 0 spiro atoms. The average Bonchev–Trinajstić information content (AvgIpc) is 1.36. The minimum absolute atomic E-state index is 1.94. The molecule has 0 radical (unpaired) electrons. The van der Waals surface area contributed by atoms with E-state index < -0.39 is 10.4 Å². The van der Waals surface area contributed by atoms with Crippen LogP contribution in [0.25, 0.3) is 0 Å². The first-order valence-electron chi connectivity index (χ1n) is 0.868. The summed E-state index contributed by atoms with van der Waals surface area (Å²) in [5.74, 6) is 0. The summed E-state index contributed by atoms with van der Waals surface area (Å²) in [6.45, 7) is 0. The van der Waals surface area contributed by atoms with Crippen LogP contribution in [0.3, 0.4) is 0 Å². The summed E-state index contributed by atoms with van der Waals surface area (Å²) >= 11 is 1.94.